The van der Waals surface area contributed by atoms with Crippen LogP contribution in [0.1, 0.15) is 14.8 Å². The van der Waals surface area contributed by atoms with Gasteiger partial charge in [-0.25, -0.2) is 0 Å². The van der Waals surface area contributed by atoms with Crippen molar-refractivity contribution in [1.82, 2.24) is 0 Å². The fraction of sp³-hybridized carbons (Fsp3) is 1.00. The van der Waals surface area contributed by atoms with E-state index in [0.717, 1.165) is 0 Å². The number of aliphatic hydroxyl groups is 1. The Hall–Kier alpha value is 0.870. The molecule has 0 aliphatic rings. The number of rotatable bonds is 3. The first kappa shape index (κ1) is 13.5. The van der Waals surface area contributed by atoms with Crippen molar-refractivity contribution in [1.29, 1.82) is 0 Å². The molecule has 0 saturated heterocycles. The fourth-order valence-electron chi connectivity index (χ4n) is 0.434. The molecular weight excluding hydrogens is 167 g/mol. The summed E-state index contributed by atoms with van der Waals surface area (Å²) in [6.45, 7) is 1.06. The van der Waals surface area contributed by atoms with Gasteiger partial charge >= 0.3 is 29.6 Å². The molecule has 0 amide bonds. The van der Waals surface area contributed by atoms with E-state index in [2.05, 4.69) is 0 Å². The molecule has 0 fully saturated rings. The third-order valence-electron chi connectivity index (χ3n) is 1.08. The summed E-state index contributed by atoms with van der Waals surface area (Å²) >= 11 is 0. The Labute approximate surface area is 84.2 Å². The van der Waals surface area contributed by atoms with E-state index in [-0.39, 0.29) is 37.4 Å². The van der Waals surface area contributed by atoms with Gasteiger partial charge in [0.1, 0.15) is 5.25 Å². The van der Waals surface area contributed by atoms with Crippen LogP contribution in [0.25, 0.3) is 0 Å². The monoisotopic (exact) mass is 178 g/mol. The molecule has 58 valence electrons. The van der Waals surface area contributed by atoms with Gasteiger partial charge < -0.3 is 6.53 Å². The summed E-state index contributed by atoms with van der Waals surface area (Å²) in [5, 5.41) is 7.31. The van der Waals surface area contributed by atoms with Crippen LogP contribution in [0.2, 0.25) is 0 Å². The first-order valence-corrected chi connectivity index (χ1v) is 4.09. The van der Waals surface area contributed by atoms with Gasteiger partial charge in [-0.15, -0.1) is 0 Å². The van der Waals surface area contributed by atoms with Crippen molar-refractivity contribution in [3.63, 3.8) is 0 Å². The average Bonchev–Trinajstić information content (AvgIpc) is 1.65. The van der Waals surface area contributed by atoms with Gasteiger partial charge in [0.05, 0.1) is 6.61 Å². The molecule has 1 atom stereocenters. The molecule has 0 aromatic heterocycles. The van der Waals surface area contributed by atoms with Crippen LogP contribution in [0.4, 0.5) is 0 Å². The topological polar surface area (TPSA) is 74.6 Å². The standard InChI is InChI=1S/C4H10O4S.Na.H/c1-2-4(3-5)9(6,7)8;;/h4-5H,2-3H2,1H3,(H,6,7,8);;/q;+1;-1. The molecule has 0 heterocycles. The predicted molar refractivity (Wildman–Crippen MR) is 33.8 cm³/mol. The Morgan fingerprint density at radius 2 is 2.00 bits per heavy atom. The van der Waals surface area contributed by atoms with E-state index in [1.165, 1.54) is 0 Å². The zero-order chi connectivity index (χ0) is 7.49. The van der Waals surface area contributed by atoms with Crippen molar-refractivity contribution in [3.05, 3.63) is 0 Å². The van der Waals surface area contributed by atoms with Gasteiger partial charge in [0.2, 0.25) is 0 Å². The van der Waals surface area contributed by atoms with Crippen LogP contribution in [0, 0.1) is 0 Å². The Kier molecular flexibility index (Phi) is 7.42. The van der Waals surface area contributed by atoms with Crippen LogP contribution in [-0.4, -0.2) is 29.9 Å². The van der Waals surface area contributed by atoms with E-state index >= 15 is 0 Å². The predicted octanol–water partition coefficient (Wildman–Crippen LogP) is -3.24. The van der Waals surface area contributed by atoms with Gasteiger partial charge in [-0.05, 0) is 6.42 Å². The molecule has 0 aromatic carbocycles. The maximum atomic E-state index is 10.2. The second-order valence-electron chi connectivity index (χ2n) is 1.73. The van der Waals surface area contributed by atoms with Crippen molar-refractivity contribution in [2.75, 3.05) is 6.61 Å². The van der Waals surface area contributed by atoms with E-state index in [1.54, 1.807) is 6.92 Å². The van der Waals surface area contributed by atoms with Gasteiger partial charge in [0, 0.05) is 0 Å². The molecule has 0 saturated carbocycles. The molecule has 0 bridgehead atoms. The summed E-state index contributed by atoms with van der Waals surface area (Å²) in [6, 6.07) is 0. The van der Waals surface area contributed by atoms with Crippen molar-refractivity contribution in [2.24, 2.45) is 0 Å². The van der Waals surface area contributed by atoms with E-state index < -0.39 is 22.0 Å². The summed E-state index contributed by atoms with van der Waals surface area (Å²) in [7, 11) is -4.02. The third-order valence-corrected chi connectivity index (χ3v) is 2.41. The number of hydrogen-bond donors (Lipinski definition) is 2. The summed E-state index contributed by atoms with van der Waals surface area (Å²) < 4.78 is 28.7. The molecular formula is C4H11NaO4S. The maximum Gasteiger partial charge on any atom is 1.00 e. The van der Waals surface area contributed by atoms with Gasteiger partial charge in [-0.2, -0.15) is 8.42 Å². The Morgan fingerprint density at radius 3 is 2.00 bits per heavy atom. The maximum absolute atomic E-state index is 10.2. The first-order chi connectivity index (χ1) is 4.02. The van der Waals surface area contributed by atoms with Crippen LogP contribution < -0.4 is 29.6 Å². The van der Waals surface area contributed by atoms with Gasteiger partial charge in [0.25, 0.3) is 10.1 Å². The molecule has 6 heteroatoms. The zero-order valence-electron chi connectivity index (χ0n) is 7.11. The van der Waals surface area contributed by atoms with E-state index in [1.807, 2.05) is 0 Å². The summed E-state index contributed by atoms with van der Waals surface area (Å²) in [5.41, 5.74) is 0. The Bertz CT molecular complexity index is 165. The molecule has 0 aromatic rings. The normalized spacial score (nSPS) is 13.9. The molecule has 0 aliphatic carbocycles. The largest absolute Gasteiger partial charge is 1.00 e. The zero-order valence-corrected chi connectivity index (χ0v) is 8.93. The van der Waals surface area contributed by atoms with Crippen LogP contribution in [0.15, 0.2) is 0 Å². The van der Waals surface area contributed by atoms with E-state index in [0.29, 0.717) is 0 Å². The Morgan fingerprint density at radius 1 is 1.60 bits per heavy atom. The summed E-state index contributed by atoms with van der Waals surface area (Å²) in [5.74, 6) is 0. The minimum absolute atomic E-state index is 0. The van der Waals surface area contributed by atoms with Crippen LogP contribution in [0.3, 0.4) is 0 Å². The van der Waals surface area contributed by atoms with Gasteiger partial charge in [-0.1, -0.05) is 6.92 Å². The van der Waals surface area contributed by atoms with E-state index in [4.69, 9.17) is 9.66 Å². The molecule has 0 rings (SSSR count). The number of hydrogen-bond acceptors (Lipinski definition) is 3. The molecule has 2 N–H and O–H groups in total. The molecule has 0 spiro atoms. The Balaban J connectivity index is -0.000000320. The van der Waals surface area contributed by atoms with Crippen molar-refractivity contribution in [2.45, 2.75) is 18.6 Å². The molecule has 4 nitrogen and oxygen atoms in total. The minimum Gasteiger partial charge on any atom is -1.00 e. The molecule has 0 radical (unpaired) electrons. The molecule has 10 heavy (non-hydrogen) atoms. The first-order valence-electron chi connectivity index (χ1n) is 2.59. The fourth-order valence-corrected chi connectivity index (χ4v) is 1.04. The van der Waals surface area contributed by atoms with Gasteiger partial charge in [0.15, 0.2) is 0 Å². The number of aliphatic hydroxyl groups excluding tert-OH is 1. The third kappa shape index (κ3) is 4.65. The smallest absolute Gasteiger partial charge is 1.00 e. The average molecular weight is 178 g/mol. The van der Waals surface area contributed by atoms with Crippen molar-refractivity contribution >= 4 is 10.1 Å². The van der Waals surface area contributed by atoms with Crippen LogP contribution in [-0.2, 0) is 10.1 Å². The second-order valence-corrected chi connectivity index (χ2v) is 3.42. The summed E-state index contributed by atoms with van der Waals surface area (Å²) in [4.78, 5) is 0. The quantitative estimate of drug-likeness (QED) is 0.352. The molecule has 1 unspecified atom stereocenters. The van der Waals surface area contributed by atoms with Crippen molar-refractivity contribution < 1.29 is 49.1 Å². The van der Waals surface area contributed by atoms with Gasteiger partial charge in [-0.3, -0.25) is 4.55 Å². The summed E-state index contributed by atoms with van der Waals surface area (Å²) in [6.07, 6.45) is 0.231. The van der Waals surface area contributed by atoms with Crippen molar-refractivity contribution in [3.8, 4) is 0 Å². The minimum atomic E-state index is -4.02. The van der Waals surface area contributed by atoms with E-state index in [9.17, 15) is 8.42 Å². The second kappa shape index (κ2) is 5.51. The SMILES string of the molecule is CCC(CO)S(=O)(=O)O.[H-].[Na+]. The molecule has 0 aliphatic heterocycles. The van der Waals surface area contributed by atoms with Crippen LogP contribution >= 0.6 is 0 Å². The van der Waals surface area contributed by atoms with Crippen LogP contribution in [0.5, 0.6) is 0 Å².